The number of pyridine rings is 1. The molecule has 3 aromatic rings. The molecule has 0 fully saturated rings. The third-order valence-corrected chi connectivity index (χ3v) is 3.83. The molecule has 1 amide bonds. The topological polar surface area (TPSA) is 106 Å². The molecular formula is C20H19N5O3. The molecule has 0 unspecified atom stereocenters. The maximum Gasteiger partial charge on any atom is 0.339 e. The van der Waals surface area contributed by atoms with Crippen LogP contribution in [0.5, 0.6) is 0 Å². The van der Waals surface area contributed by atoms with Gasteiger partial charge in [0, 0.05) is 12.3 Å². The molecule has 142 valence electrons. The quantitative estimate of drug-likeness (QED) is 0.636. The third-order valence-electron chi connectivity index (χ3n) is 3.83. The first kappa shape index (κ1) is 19.0. The van der Waals surface area contributed by atoms with Crippen LogP contribution in [0.2, 0.25) is 0 Å². The molecule has 0 aliphatic heterocycles. The van der Waals surface area contributed by atoms with Gasteiger partial charge < -0.3 is 15.4 Å². The molecule has 0 saturated heterocycles. The zero-order valence-corrected chi connectivity index (χ0v) is 15.5. The number of methoxy groups -OCH3 is 1. The summed E-state index contributed by atoms with van der Waals surface area (Å²) < 4.78 is 4.74. The van der Waals surface area contributed by atoms with Crippen molar-refractivity contribution in [2.45, 2.75) is 13.5 Å². The monoisotopic (exact) mass is 377 g/mol. The van der Waals surface area contributed by atoms with E-state index >= 15 is 0 Å². The smallest absolute Gasteiger partial charge is 0.339 e. The number of aromatic nitrogens is 3. The molecule has 3 rings (SSSR count). The SMILES string of the molecule is COC(=O)c1ccccc1NC(=O)c1cc(NCc2ccccn2)nc(C)n1. The highest BCUT2D eigenvalue weighted by Gasteiger charge is 2.16. The Kier molecular flexibility index (Phi) is 5.91. The fourth-order valence-electron chi connectivity index (χ4n) is 2.52. The van der Waals surface area contributed by atoms with Crippen molar-refractivity contribution in [2.24, 2.45) is 0 Å². The summed E-state index contributed by atoms with van der Waals surface area (Å²) >= 11 is 0. The van der Waals surface area contributed by atoms with Gasteiger partial charge in [-0.2, -0.15) is 0 Å². The molecule has 0 radical (unpaired) electrons. The van der Waals surface area contributed by atoms with Gasteiger partial charge in [0.1, 0.15) is 17.3 Å². The number of benzene rings is 1. The Morgan fingerprint density at radius 1 is 1.07 bits per heavy atom. The lowest BCUT2D eigenvalue weighted by molar-refractivity contribution is 0.0602. The van der Waals surface area contributed by atoms with E-state index in [2.05, 4.69) is 25.6 Å². The highest BCUT2D eigenvalue weighted by Crippen LogP contribution is 2.17. The van der Waals surface area contributed by atoms with Crippen LogP contribution in [0.15, 0.2) is 54.7 Å². The molecule has 2 N–H and O–H groups in total. The Morgan fingerprint density at radius 2 is 1.86 bits per heavy atom. The number of hydrogen-bond acceptors (Lipinski definition) is 7. The fourth-order valence-corrected chi connectivity index (χ4v) is 2.52. The Bertz CT molecular complexity index is 992. The van der Waals surface area contributed by atoms with E-state index in [9.17, 15) is 9.59 Å². The zero-order chi connectivity index (χ0) is 19.9. The molecule has 28 heavy (non-hydrogen) atoms. The summed E-state index contributed by atoms with van der Waals surface area (Å²) in [6, 6.07) is 13.8. The lowest BCUT2D eigenvalue weighted by Gasteiger charge is -2.11. The number of carbonyl (C=O) groups excluding carboxylic acids is 2. The van der Waals surface area contributed by atoms with Crippen LogP contribution in [0, 0.1) is 6.92 Å². The minimum absolute atomic E-state index is 0.177. The van der Waals surface area contributed by atoms with Crippen molar-refractivity contribution in [3.05, 3.63) is 77.5 Å². The number of rotatable bonds is 6. The van der Waals surface area contributed by atoms with Crippen LogP contribution < -0.4 is 10.6 Å². The molecule has 0 bridgehead atoms. The summed E-state index contributed by atoms with van der Waals surface area (Å²) in [5, 5.41) is 5.83. The van der Waals surface area contributed by atoms with Gasteiger partial charge in [-0.15, -0.1) is 0 Å². The van der Waals surface area contributed by atoms with Crippen molar-refractivity contribution in [3.63, 3.8) is 0 Å². The molecule has 0 aliphatic carbocycles. The summed E-state index contributed by atoms with van der Waals surface area (Å²) in [6.45, 7) is 2.16. The van der Waals surface area contributed by atoms with Gasteiger partial charge in [-0.25, -0.2) is 14.8 Å². The van der Waals surface area contributed by atoms with Crippen LogP contribution in [-0.4, -0.2) is 33.9 Å². The van der Waals surface area contributed by atoms with Gasteiger partial charge in [0.05, 0.1) is 30.6 Å². The number of aryl methyl sites for hydroxylation is 1. The lowest BCUT2D eigenvalue weighted by atomic mass is 10.1. The number of amides is 1. The van der Waals surface area contributed by atoms with Crippen LogP contribution in [0.3, 0.4) is 0 Å². The molecule has 0 atom stereocenters. The van der Waals surface area contributed by atoms with Gasteiger partial charge >= 0.3 is 5.97 Å². The number of carbonyl (C=O) groups is 2. The second-order valence-electron chi connectivity index (χ2n) is 5.85. The highest BCUT2D eigenvalue weighted by atomic mass is 16.5. The summed E-state index contributed by atoms with van der Waals surface area (Å²) in [5.41, 5.74) is 1.63. The van der Waals surface area contributed by atoms with Crippen LogP contribution in [0.4, 0.5) is 11.5 Å². The Labute approximate surface area is 162 Å². The van der Waals surface area contributed by atoms with Crippen molar-refractivity contribution in [2.75, 3.05) is 17.7 Å². The first-order valence-corrected chi connectivity index (χ1v) is 8.55. The van der Waals surface area contributed by atoms with Crippen LogP contribution in [-0.2, 0) is 11.3 Å². The lowest BCUT2D eigenvalue weighted by Crippen LogP contribution is -2.18. The van der Waals surface area contributed by atoms with Gasteiger partial charge in [-0.05, 0) is 31.2 Å². The summed E-state index contributed by atoms with van der Waals surface area (Å²) in [5.74, 6) is -0.0443. The van der Waals surface area contributed by atoms with Crippen molar-refractivity contribution in [3.8, 4) is 0 Å². The minimum atomic E-state index is -0.535. The second-order valence-corrected chi connectivity index (χ2v) is 5.85. The van der Waals surface area contributed by atoms with Crippen LogP contribution >= 0.6 is 0 Å². The van der Waals surface area contributed by atoms with Crippen molar-refractivity contribution < 1.29 is 14.3 Å². The largest absolute Gasteiger partial charge is 0.465 e. The molecule has 8 nitrogen and oxygen atoms in total. The van der Waals surface area contributed by atoms with E-state index in [1.165, 1.54) is 7.11 Å². The molecule has 2 aromatic heterocycles. The van der Waals surface area contributed by atoms with Gasteiger partial charge in [0.25, 0.3) is 5.91 Å². The van der Waals surface area contributed by atoms with E-state index in [-0.39, 0.29) is 11.3 Å². The number of ether oxygens (including phenoxy) is 1. The number of anilines is 2. The number of esters is 1. The Morgan fingerprint density at radius 3 is 2.61 bits per heavy atom. The third kappa shape index (κ3) is 4.67. The summed E-state index contributed by atoms with van der Waals surface area (Å²) in [7, 11) is 1.29. The number of nitrogens with one attached hydrogen (secondary N) is 2. The normalized spacial score (nSPS) is 10.2. The van der Waals surface area contributed by atoms with E-state index < -0.39 is 11.9 Å². The molecule has 0 aliphatic rings. The molecule has 1 aromatic carbocycles. The van der Waals surface area contributed by atoms with Crippen molar-refractivity contribution in [1.29, 1.82) is 0 Å². The van der Waals surface area contributed by atoms with Crippen LogP contribution in [0.1, 0.15) is 32.4 Å². The molecule has 0 saturated carbocycles. The van der Waals surface area contributed by atoms with Crippen molar-refractivity contribution >= 4 is 23.4 Å². The summed E-state index contributed by atoms with van der Waals surface area (Å²) in [6.07, 6.45) is 1.71. The average molecular weight is 377 g/mol. The van der Waals surface area contributed by atoms with Gasteiger partial charge in [-0.1, -0.05) is 18.2 Å². The van der Waals surface area contributed by atoms with E-state index in [1.54, 1.807) is 43.5 Å². The average Bonchev–Trinajstić information content (AvgIpc) is 2.72. The van der Waals surface area contributed by atoms with E-state index in [0.29, 0.717) is 23.9 Å². The molecular weight excluding hydrogens is 358 g/mol. The molecule has 8 heteroatoms. The zero-order valence-electron chi connectivity index (χ0n) is 15.5. The Balaban J connectivity index is 1.77. The number of para-hydroxylation sites is 1. The second kappa shape index (κ2) is 8.72. The van der Waals surface area contributed by atoms with Gasteiger partial charge in [0.2, 0.25) is 0 Å². The molecule has 2 heterocycles. The predicted octanol–water partition coefficient (Wildman–Crippen LogP) is 2.83. The maximum atomic E-state index is 12.7. The molecule has 0 spiro atoms. The van der Waals surface area contributed by atoms with Gasteiger partial charge in [-0.3, -0.25) is 9.78 Å². The van der Waals surface area contributed by atoms with Crippen molar-refractivity contribution in [1.82, 2.24) is 15.0 Å². The maximum absolute atomic E-state index is 12.7. The fraction of sp³-hybridized carbons (Fsp3) is 0.150. The first-order chi connectivity index (χ1) is 13.6. The van der Waals surface area contributed by atoms with E-state index in [1.807, 2.05) is 18.2 Å². The van der Waals surface area contributed by atoms with Crippen LogP contribution in [0.25, 0.3) is 0 Å². The highest BCUT2D eigenvalue weighted by molar-refractivity contribution is 6.07. The predicted molar refractivity (Wildman–Crippen MR) is 104 cm³/mol. The standard InChI is InChI=1S/C20H19N5O3/c1-13-23-17(11-18(24-13)22-12-14-7-5-6-10-21-14)19(26)25-16-9-4-3-8-15(16)20(27)28-2/h3-11H,12H2,1-2H3,(H,25,26)(H,22,23,24). The van der Waals surface area contributed by atoms with E-state index in [4.69, 9.17) is 4.74 Å². The minimum Gasteiger partial charge on any atom is -0.465 e. The number of nitrogens with zero attached hydrogens (tertiary/aromatic N) is 3. The Hall–Kier alpha value is -3.81. The number of hydrogen-bond donors (Lipinski definition) is 2. The van der Waals surface area contributed by atoms with Gasteiger partial charge in [0.15, 0.2) is 0 Å². The van der Waals surface area contributed by atoms with E-state index in [0.717, 1.165) is 5.69 Å². The first-order valence-electron chi connectivity index (χ1n) is 8.55. The summed E-state index contributed by atoms with van der Waals surface area (Å²) in [4.78, 5) is 37.2.